The topological polar surface area (TPSA) is 15.3 Å². The molecule has 3 heterocycles. The molecule has 3 aliphatic heterocycles. The van der Waals surface area contributed by atoms with Gasteiger partial charge in [0.1, 0.15) is 0 Å². The van der Waals surface area contributed by atoms with E-state index in [2.05, 4.69) is 10.2 Å². The predicted octanol–water partition coefficient (Wildman–Crippen LogP) is 0.977. The van der Waals surface area contributed by atoms with Crippen LogP contribution < -0.4 is 5.32 Å². The zero-order valence-electron chi connectivity index (χ0n) is 7.68. The third-order valence-electron chi connectivity index (χ3n) is 4.15. The molecule has 0 aromatic rings. The molecule has 2 nitrogen and oxygen atoms in total. The SMILES string of the molecule is C1CC2CCN2C2(C1)CCNC2. The Kier molecular flexibility index (Phi) is 1.50. The summed E-state index contributed by atoms with van der Waals surface area (Å²) in [6.45, 7) is 3.90. The first-order valence-electron chi connectivity index (χ1n) is 5.38. The molecular formula is C10H18N2. The number of fused-ring (bicyclic) bond motifs is 2. The Labute approximate surface area is 74.3 Å². The van der Waals surface area contributed by atoms with Crippen LogP contribution in [0, 0.1) is 0 Å². The fraction of sp³-hybridized carbons (Fsp3) is 1.00. The number of nitrogens with zero attached hydrogens (tertiary/aromatic N) is 1. The monoisotopic (exact) mass is 166 g/mol. The smallest absolute Gasteiger partial charge is 0.0348 e. The van der Waals surface area contributed by atoms with Gasteiger partial charge in [-0.15, -0.1) is 0 Å². The summed E-state index contributed by atoms with van der Waals surface area (Å²) in [7, 11) is 0. The van der Waals surface area contributed by atoms with Crippen molar-refractivity contribution in [1.82, 2.24) is 10.2 Å². The van der Waals surface area contributed by atoms with Crippen LogP contribution in [-0.4, -0.2) is 36.1 Å². The maximum atomic E-state index is 3.53. The van der Waals surface area contributed by atoms with Crippen LogP contribution in [0.4, 0.5) is 0 Å². The van der Waals surface area contributed by atoms with Gasteiger partial charge >= 0.3 is 0 Å². The second-order valence-electron chi connectivity index (χ2n) is 4.68. The second-order valence-corrected chi connectivity index (χ2v) is 4.68. The van der Waals surface area contributed by atoms with Gasteiger partial charge in [-0.2, -0.15) is 0 Å². The molecule has 3 aliphatic rings. The van der Waals surface area contributed by atoms with Crippen molar-refractivity contribution in [2.45, 2.75) is 43.7 Å². The quantitative estimate of drug-likeness (QED) is 0.577. The van der Waals surface area contributed by atoms with E-state index in [1.54, 1.807) is 0 Å². The molecule has 0 amide bonds. The lowest BCUT2D eigenvalue weighted by atomic mass is 9.77. The zero-order valence-corrected chi connectivity index (χ0v) is 7.68. The molecule has 0 bridgehead atoms. The van der Waals surface area contributed by atoms with Crippen molar-refractivity contribution in [3.63, 3.8) is 0 Å². The molecule has 1 N–H and O–H groups in total. The Hall–Kier alpha value is -0.0800. The van der Waals surface area contributed by atoms with E-state index in [0.29, 0.717) is 5.54 Å². The molecule has 0 aromatic carbocycles. The van der Waals surface area contributed by atoms with Crippen LogP contribution in [0.5, 0.6) is 0 Å². The van der Waals surface area contributed by atoms with E-state index in [0.717, 1.165) is 6.04 Å². The van der Waals surface area contributed by atoms with E-state index < -0.39 is 0 Å². The fourth-order valence-electron chi connectivity index (χ4n) is 3.36. The van der Waals surface area contributed by atoms with Crippen molar-refractivity contribution < 1.29 is 0 Å². The molecule has 0 saturated carbocycles. The normalized spacial score (nSPS) is 47.5. The number of piperidine rings is 1. The minimum absolute atomic E-state index is 0.612. The molecule has 2 atom stereocenters. The molecule has 68 valence electrons. The number of hydrogen-bond acceptors (Lipinski definition) is 2. The lowest BCUT2D eigenvalue weighted by Gasteiger charge is -2.56. The number of hydrogen-bond donors (Lipinski definition) is 1. The van der Waals surface area contributed by atoms with Gasteiger partial charge in [0.05, 0.1) is 0 Å². The van der Waals surface area contributed by atoms with E-state index >= 15 is 0 Å². The average molecular weight is 166 g/mol. The maximum Gasteiger partial charge on any atom is 0.0348 e. The minimum Gasteiger partial charge on any atom is -0.315 e. The molecule has 3 fully saturated rings. The van der Waals surface area contributed by atoms with E-state index in [1.165, 1.54) is 51.7 Å². The van der Waals surface area contributed by atoms with Crippen LogP contribution in [-0.2, 0) is 0 Å². The first-order valence-corrected chi connectivity index (χ1v) is 5.38. The lowest BCUT2D eigenvalue weighted by Crippen LogP contribution is -2.64. The third kappa shape index (κ3) is 0.826. The van der Waals surface area contributed by atoms with Gasteiger partial charge in [0.2, 0.25) is 0 Å². The number of nitrogens with one attached hydrogen (secondary N) is 1. The highest BCUT2D eigenvalue weighted by molar-refractivity contribution is 5.06. The van der Waals surface area contributed by atoms with Gasteiger partial charge in [0, 0.05) is 24.7 Å². The Morgan fingerprint density at radius 3 is 2.92 bits per heavy atom. The summed E-state index contributed by atoms with van der Waals surface area (Å²) < 4.78 is 0. The Bertz CT molecular complexity index is 184. The fourth-order valence-corrected chi connectivity index (χ4v) is 3.36. The summed E-state index contributed by atoms with van der Waals surface area (Å²) in [5.74, 6) is 0. The summed E-state index contributed by atoms with van der Waals surface area (Å²) in [5, 5.41) is 3.53. The zero-order chi connectivity index (χ0) is 8.02. The molecule has 0 aliphatic carbocycles. The highest BCUT2D eigenvalue weighted by atomic mass is 15.3. The molecular weight excluding hydrogens is 148 g/mol. The molecule has 0 radical (unpaired) electrons. The first kappa shape index (κ1) is 7.34. The Balaban J connectivity index is 1.83. The Morgan fingerprint density at radius 1 is 1.25 bits per heavy atom. The summed E-state index contributed by atoms with van der Waals surface area (Å²) in [5.41, 5.74) is 0.612. The van der Waals surface area contributed by atoms with Crippen LogP contribution in [0.1, 0.15) is 32.1 Å². The molecule has 0 aromatic heterocycles. The van der Waals surface area contributed by atoms with Crippen LogP contribution >= 0.6 is 0 Å². The standard InChI is InChI=1S/C10H18N2/c1-2-9-3-7-12(9)10(4-1)5-6-11-8-10/h9,11H,1-8H2. The van der Waals surface area contributed by atoms with E-state index in [9.17, 15) is 0 Å². The first-order chi connectivity index (χ1) is 5.91. The lowest BCUT2D eigenvalue weighted by molar-refractivity contribution is -0.0547. The summed E-state index contributed by atoms with van der Waals surface area (Å²) in [6.07, 6.45) is 7.28. The molecule has 1 spiro atoms. The van der Waals surface area contributed by atoms with Crippen molar-refractivity contribution in [1.29, 1.82) is 0 Å². The van der Waals surface area contributed by atoms with Crippen molar-refractivity contribution in [2.75, 3.05) is 19.6 Å². The van der Waals surface area contributed by atoms with Crippen molar-refractivity contribution >= 4 is 0 Å². The number of rotatable bonds is 0. The largest absolute Gasteiger partial charge is 0.315 e. The van der Waals surface area contributed by atoms with E-state index in [1.807, 2.05) is 0 Å². The summed E-state index contributed by atoms with van der Waals surface area (Å²) >= 11 is 0. The van der Waals surface area contributed by atoms with Gasteiger partial charge in [-0.25, -0.2) is 0 Å². The van der Waals surface area contributed by atoms with Gasteiger partial charge in [0.15, 0.2) is 0 Å². The Morgan fingerprint density at radius 2 is 2.25 bits per heavy atom. The highest BCUT2D eigenvalue weighted by Crippen LogP contribution is 2.42. The molecule has 2 unspecified atom stereocenters. The van der Waals surface area contributed by atoms with Gasteiger partial charge in [-0.05, 0) is 32.2 Å². The predicted molar refractivity (Wildman–Crippen MR) is 49.2 cm³/mol. The van der Waals surface area contributed by atoms with Crippen LogP contribution in [0.2, 0.25) is 0 Å². The molecule has 3 saturated heterocycles. The summed E-state index contributed by atoms with van der Waals surface area (Å²) in [4.78, 5) is 2.79. The second kappa shape index (κ2) is 2.46. The van der Waals surface area contributed by atoms with E-state index in [-0.39, 0.29) is 0 Å². The van der Waals surface area contributed by atoms with Crippen LogP contribution in [0.3, 0.4) is 0 Å². The average Bonchev–Trinajstić information content (AvgIpc) is 2.43. The highest BCUT2D eigenvalue weighted by Gasteiger charge is 2.48. The molecule has 2 heteroatoms. The van der Waals surface area contributed by atoms with Gasteiger partial charge in [-0.1, -0.05) is 6.42 Å². The third-order valence-corrected chi connectivity index (χ3v) is 4.15. The molecule has 12 heavy (non-hydrogen) atoms. The van der Waals surface area contributed by atoms with Gasteiger partial charge < -0.3 is 5.32 Å². The van der Waals surface area contributed by atoms with Crippen molar-refractivity contribution in [3.05, 3.63) is 0 Å². The van der Waals surface area contributed by atoms with Gasteiger partial charge in [0.25, 0.3) is 0 Å². The summed E-state index contributed by atoms with van der Waals surface area (Å²) in [6, 6.07) is 0.971. The van der Waals surface area contributed by atoms with Gasteiger partial charge in [-0.3, -0.25) is 4.90 Å². The minimum atomic E-state index is 0.612. The van der Waals surface area contributed by atoms with E-state index in [4.69, 9.17) is 0 Å². The van der Waals surface area contributed by atoms with Crippen LogP contribution in [0.15, 0.2) is 0 Å². The molecule has 3 rings (SSSR count). The van der Waals surface area contributed by atoms with Crippen LogP contribution in [0.25, 0.3) is 0 Å². The van der Waals surface area contributed by atoms with Crippen molar-refractivity contribution in [2.24, 2.45) is 0 Å². The maximum absolute atomic E-state index is 3.53. The van der Waals surface area contributed by atoms with Crippen molar-refractivity contribution in [3.8, 4) is 0 Å².